The van der Waals surface area contributed by atoms with E-state index in [9.17, 15) is 0 Å². The summed E-state index contributed by atoms with van der Waals surface area (Å²) in [5, 5.41) is 11.2. The number of rotatable bonds is 6. The lowest BCUT2D eigenvalue weighted by Gasteiger charge is -2.36. The fourth-order valence-electron chi connectivity index (χ4n) is 3.38. The van der Waals surface area contributed by atoms with Crippen LogP contribution in [-0.4, -0.2) is 50.4 Å². The van der Waals surface area contributed by atoms with E-state index in [1.54, 1.807) is 0 Å². The second-order valence-corrected chi connectivity index (χ2v) is 6.56. The zero-order chi connectivity index (χ0) is 17.9. The van der Waals surface area contributed by atoms with Gasteiger partial charge in [-0.25, -0.2) is 0 Å². The summed E-state index contributed by atoms with van der Waals surface area (Å²) in [4.78, 5) is 15.2. The van der Waals surface area contributed by atoms with Crippen LogP contribution in [0, 0.1) is 5.92 Å². The molecular weight excluding hydrogens is 316 g/mol. The van der Waals surface area contributed by atoms with E-state index >= 15 is 0 Å². The molecule has 1 N–H and O–H groups in total. The lowest BCUT2D eigenvalue weighted by atomic mass is 9.90. The van der Waals surface area contributed by atoms with E-state index in [0.29, 0.717) is 6.04 Å². The maximum absolute atomic E-state index is 8.36. The number of hydrogen-bond acceptors (Lipinski definition) is 4. The quantitative estimate of drug-likeness (QED) is 0.816. The molecule has 1 unspecified atom stereocenters. The average molecular weight is 344 g/mol. The summed E-state index contributed by atoms with van der Waals surface area (Å²) in [5.41, 5.74) is 1.38. The third-order valence-corrected chi connectivity index (χ3v) is 4.85. The van der Waals surface area contributed by atoms with Crippen LogP contribution in [0.4, 0.5) is 0 Å². The van der Waals surface area contributed by atoms with E-state index in [1.807, 2.05) is 41.6 Å². The van der Waals surface area contributed by atoms with Crippen molar-refractivity contribution in [2.24, 2.45) is 5.92 Å². The van der Waals surface area contributed by atoms with Crippen molar-refractivity contribution in [3.63, 3.8) is 0 Å². The summed E-state index contributed by atoms with van der Waals surface area (Å²) in [6.07, 6.45) is 12.7. The summed E-state index contributed by atoms with van der Waals surface area (Å²) in [6, 6.07) is 6.88. The number of nitrogens with zero attached hydrogens (tertiary/aromatic N) is 4. The Morgan fingerprint density at radius 2 is 2.08 bits per heavy atom. The molecule has 3 heterocycles. The average Bonchev–Trinajstić information content (AvgIpc) is 3.15. The number of pyridine rings is 1. The molecule has 1 saturated heterocycles. The first-order valence-corrected chi connectivity index (χ1v) is 8.91. The largest absolute Gasteiger partial charge is 0.483 e. The molecule has 2 aromatic heterocycles. The van der Waals surface area contributed by atoms with Crippen LogP contribution in [0.15, 0.2) is 43.0 Å². The zero-order valence-corrected chi connectivity index (χ0v) is 14.9. The van der Waals surface area contributed by atoms with Gasteiger partial charge in [-0.05, 0) is 69.3 Å². The molecule has 136 valence electrons. The van der Waals surface area contributed by atoms with Crippen molar-refractivity contribution in [2.45, 2.75) is 45.2 Å². The van der Waals surface area contributed by atoms with Crippen molar-refractivity contribution in [1.82, 2.24) is 19.7 Å². The van der Waals surface area contributed by atoms with Crippen molar-refractivity contribution in [3.05, 3.63) is 48.5 Å². The second kappa shape index (κ2) is 10.6. The van der Waals surface area contributed by atoms with Gasteiger partial charge in [0.25, 0.3) is 6.47 Å². The van der Waals surface area contributed by atoms with Crippen LogP contribution < -0.4 is 0 Å². The lowest BCUT2D eigenvalue weighted by molar-refractivity contribution is -0.122. The predicted octanol–water partition coefficient (Wildman–Crippen LogP) is 2.71. The summed E-state index contributed by atoms with van der Waals surface area (Å²) >= 11 is 0. The first-order chi connectivity index (χ1) is 12.2. The first kappa shape index (κ1) is 19.1. The van der Waals surface area contributed by atoms with Gasteiger partial charge >= 0.3 is 0 Å². The van der Waals surface area contributed by atoms with Crippen LogP contribution in [0.1, 0.15) is 31.7 Å². The Morgan fingerprint density at radius 3 is 2.68 bits per heavy atom. The predicted molar refractivity (Wildman–Crippen MR) is 97.2 cm³/mol. The van der Waals surface area contributed by atoms with Crippen LogP contribution in [0.3, 0.4) is 0 Å². The normalized spacial score (nSPS) is 16.7. The first-order valence-electron chi connectivity index (χ1n) is 8.91. The second-order valence-electron chi connectivity index (χ2n) is 6.56. The van der Waals surface area contributed by atoms with Gasteiger partial charge in [0.2, 0.25) is 0 Å². The number of aryl methyl sites for hydroxylation is 1. The highest BCUT2D eigenvalue weighted by Crippen LogP contribution is 2.23. The molecule has 0 aliphatic carbocycles. The van der Waals surface area contributed by atoms with Gasteiger partial charge in [-0.1, -0.05) is 6.07 Å². The van der Waals surface area contributed by atoms with Crippen molar-refractivity contribution in [1.29, 1.82) is 0 Å². The Labute approximate surface area is 149 Å². The molecule has 0 amide bonds. The van der Waals surface area contributed by atoms with Gasteiger partial charge < -0.3 is 10.0 Å². The van der Waals surface area contributed by atoms with Crippen LogP contribution >= 0.6 is 0 Å². The smallest absolute Gasteiger partial charge is 0.290 e. The Morgan fingerprint density at radius 1 is 1.32 bits per heavy atom. The van der Waals surface area contributed by atoms with E-state index in [-0.39, 0.29) is 6.47 Å². The molecule has 0 saturated carbocycles. The minimum atomic E-state index is -0.250. The topological polar surface area (TPSA) is 71.2 Å². The number of aromatic nitrogens is 3. The lowest BCUT2D eigenvalue weighted by Crippen LogP contribution is -2.40. The van der Waals surface area contributed by atoms with Crippen molar-refractivity contribution >= 4 is 6.47 Å². The van der Waals surface area contributed by atoms with Crippen LogP contribution in [0.5, 0.6) is 0 Å². The van der Waals surface area contributed by atoms with Crippen molar-refractivity contribution < 1.29 is 9.90 Å². The summed E-state index contributed by atoms with van der Waals surface area (Å²) in [5.74, 6) is 0.818. The molecule has 1 atom stereocenters. The Hall–Kier alpha value is -2.21. The highest BCUT2D eigenvalue weighted by molar-refractivity contribution is 5.32. The van der Waals surface area contributed by atoms with Gasteiger partial charge in [0.15, 0.2) is 0 Å². The van der Waals surface area contributed by atoms with Crippen molar-refractivity contribution in [2.75, 3.05) is 13.1 Å². The number of likely N-dealkylation sites (tertiary alicyclic amines) is 1. The summed E-state index contributed by atoms with van der Waals surface area (Å²) < 4.78 is 2.03. The molecule has 6 heteroatoms. The SMILES string of the molecule is CC(CCn1cccn1)N1CCC(Cc2cccnc2)CC1.O=CO. The van der Waals surface area contributed by atoms with Gasteiger partial charge in [0.05, 0.1) is 0 Å². The van der Waals surface area contributed by atoms with Crippen LogP contribution in [0.2, 0.25) is 0 Å². The van der Waals surface area contributed by atoms with Crippen LogP contribution in [0.25, 0.3) is 0 Å². The maximum Gasteiger partial charge on any atom is 0.290 e. The molecular formula is C19H28N4O2. The van der Waals surface area contributed by atoms with Gasteiger partial charge in [0.1, 0.15) is 0 Å². The number of hydrogen-bond donors (Lipinski definition) is 1. The molecule has 0 aromatic carbocycles. The molecule has 1 aliphatic rings. The molecule has 2 aromatic rings. The number of carbonyl (C=O) groups is 1. The van der Waals surface area contributed by atoms with Gasteiger partial charge in [-0.3, -0.25) is 14.5 Å². The van der Waals surface area contributed by atoms with Crippen molar-refractivity contribution in [3.8, 4) is 0 Å². The molecule has 1 aliphatic heterocycles. The minimum absolute atomic E-state index is 0.250. The van der Waals surface area contributed by atoms with Gasteiger partial charge in [-0.15, -0.1) is 0 Å². The zero-order valence-electron chi connectivity index (χ0n) is 14.9. The van der Waals surface area contributed by atoms with Crippen LogP contribution in [-0.2, 0) is 17.8 Å². The molecule has 0 spiro atoms. The standard InChI is InChI=1S/C18H26N4.CH2O2/c1-16(5-13-22-10-3-9-20-22)21-11-6-17(7-12-21)14-18-4-2-8-19-15-18;2-1-3/h2-4,8-10,15-17H,5-7,11-14H2,1H3;1H,(H,2,3). The molecule has 0 radical (unpaired) electrons. The Kier molecular flexibility index (Phi) is 8.12. The highest BCUT2D eigenvalue weighted by atomic mass is 16.3. The van der Waals surface area contributed by atoms with Gasteiger partial charge in [0, 0.05) is 37.4 Å². The summed E-state index contributed by atoms with van der Waals surface area (Å²) in [7, 11) is 0. The number of carboxylic acid groups (broad SMARTS) is 1. The Balaban J connectivity index is 0.000000701. The third kappa shape index (κ3) is 6.66. The van der Waals surface area contributed by atoms with E-state index in [2.05, 4.69) is 28.0 Å². The van der Waals surface area contributed by atoms with E-state index < -0.39 is 0 Å². The molecule has 6 nitrogen and oxygen atoms in total. The van der Waals surface area contributed by atoms with Gasteiger partial charge in [-0.2, -0.15) is 5.10 Å². The van der Waals surface area contributed by atoms with E-state index in [0.717, 1.165) is 12.5 Å². The summed E-state index contributed by atoms with van der Waals surface area (Å²) in [6.45, 7) is 5.57. The monoisotopic (exact) mass is 344 g/mol. The molecule has 1 fully saturated rings. The third-order valence-electron chi connectivity index (χ3n) is 4.85. The number of piperidine rings is 1. The fourth-order valence-corrected chi connectivity index (χ4v) is 3.38. The molecule has 0 bridgehead atoms. The molecule has 25 heavy (non-hydrogen) atoms. The Bertz CT molecular complexity index is 581. The fraction of sp³-hybridized carbons (Fsp3) is 0.526. The highest BCUT2D eigenvalue weighted by Gasteiger charge is 2.22. The molecule has 3 rings (SSSR count). The maximum atomic E-state index is 8.36. The van der Waals surface area contributed by atoms with E-state index in [1.165, 1.54) is 44.3 Å². The van der Waals surface area contributed by atoms with E-state index in [4.69, 9.17) is 9.90 Å². The minimum Gasteiger partial charge on any atom is -0.483 e.